The molecule has 0 fully saturated rings. The number of carbonyl (C=O) groups is 1. The minimum Gasteiger partial charge on any atom is -0.465 e. The Morgan fingerprint density at radius 3 is 2.28 bits per heavy atom. The number of para-hydroxylation sites is 2. The van der Waals surface area contributed by atoms with Crippen molar-refractivity contribution >= 4 is 17.6 Å². The predicted molar refractivity (Wildman–Crippen MR) is 94.8 cm³/mol. The molecule has 0 bridgehead atoms. The molecule has 5 heteroatoms. The number of fused-ring (bicyclic) bond motifs is 2. The molecule has 4 rings (SSSR count). The second kappa shape index (κ2) is 6.15. The molecule has 0 aromatic heterocycles. The molecule has 3 aromatic carbocycles. The van der Waals surface area contributed by atoms with Gasteiger partial charge < -0.3 is 14.2 Å². The van der Waals surface area contributed by atoms with E-state index < -0.39 is 5.97 Å². The fourth-order valence-electron chi connectivity index (χ4n) is 2.81. The summed E-state index contributed by atoms with van der Waals surface area (Å²) in [5.41, 5.74) is 1.91. The summed E-state index contributed by atoms with van der Waals surface area (Å²) in [4.78, 5) is 12.1. The lowest BCUT2D eigenvalue weighted by Gasteiger charge is -2.23. The normalized spacial score (nSPS) is 11.6. The molecule has 0 atom stereocenters. The Morgan fingerprint density at radius 1 is 0.840 bits per heavy atom. The van der Waals surface area contributed by atoms with Crippen LogP contribution in [0.2, 0.25) is 5.02 Å². The average molecular weight is 353 g/mol. The second-order valence-corrected chi connectivity index (χ2v) is 5.85. The number of halogens is 1. The average Bonchev–Trinajstić information content (AvgIpc) is 2.66. The number of ether oxygens (including phenoxy) is 3. The topological polar surface area (TPSA) is 44.8 Å². The van der Waals surface area contributed by atoms with Gasteiger partial charge in [-0.25, -0.2) is 4.79 Å². The SMILES string of the molecule is COC(=O)c1ccccc1-c1cccc2c1Oc1cccc(Cl)c1O2. The summed E-state index contributed by atoms with van der Waals surface area (Å²) >= 11 is 6.18. The third kappa shape index (κ3) is 2.61. The molecule has 1 aliphatic heterocycles. The number of methoxy groups -OCH3 is 1. The van der Waals surface area contributed by atoms with Gasteiger partial charge in [0.25, 0.3) is 0 Å². The van der Waals surface area contributed by atoms with Gasteiger partial charge in [-0.15, -0.1) is 0 Å². The lowest BCUT2D eigenvalue weighted by atomic mass is 9.98. The van der Waals surface area contributed by atoms with E-state index in [4.69, 9.17) is 25.8 Å². The molecule has 124 valence electrons. The minimum atomic E-state index is -0.409. The van der Waals surface area contributed by atoms with E-state index in [1.165, 1.54) is 7.11 Å². The summed E-state index contributed by atoms with van der Waals surface area (Å²) < 4.78 is 16.9. The Morgan fingerprint density at radius 2 is 1.48 bits per heavy atom. The van der Waals surface area contributed by atoms with Gasteiger partial charge in [0.1, 0.15) is 0 Å². The van der Waals surface area contributed by atoms with Gasteiger partial charge in [-0.2, -0.15) is 0 Å². The largest absolute Gasteiger partial charge is 0.465 e. The van der Waals surface area contributed by atoms with Crippen LogP contribution in [0.1, 0.15) is 10.4 Å². The minimum absolute atomic E-state index is 0.409. The molecule has 0 amide bonds. The number of esters is 1. The van der Waals surface area contributed by atoms with Crippen molar-refractivity contribution in [3.05, 3.63) is 71.2 Å². The fraction of sp³-hybridized carbons (Fsp3) is 0.0500. The van der Waals surface area contributed by atoms with E-state index in [0.29, 0.717) is 39.1 Å². The van der Waals surface area contributed by atoms with E-state index in [-0.39, 0.29) is 0 Å². The Kier molecular flexibility index (Phi) is 3.82. The molecule has 0 unspecified atom stereocenters. The molecule has 0 radical (unpaired) electrons. The second-order valence-electron chi connectivity index (χ2n) is 5.44. The van der Waals surface area contributed by atoms with Crippen molar-refractivity contribution in [2.45, 2.75) is 0 Å². The van der Waals surface area contributed by atoms with E-state index >= 15 is 0 Å². The number of carbonyl (C=O) groups excluding carboxylic acids is 1. The number of rotatable bonds is 2. The van der Waals surface area contributed by atoms with Crippen LogP contribution in [0.3, 0.4) is 0 Å². The van der Waals surface area contributed by atoms with E-state index in [0.717, 1.165) is 5.56 Å². The first-order valence-electron chi connectivity index (χ1n) is 7.64. The van der Waals surface area contributed by atoms with Crippen LogP contribution < -0.4 is 9.47 Å². The van der Waals surface area contributed by atoms with Crippen LogP contribution in [0.5, 0.6) is 23.0 Å². The highest BCUT2D eigenvalue weighted by atomic mass is 35.5. The molecule has 0 spiro atoms. The summed E-state index contributed by atoms with van der Waals surface area (Å²) in [7, 11) is 1.36. The highest BCUT2D eigenvalue weighted by molar-refractivity contribution is 6.32. The molecule has 4 nitrogen and oxygen atoms in total. The Hall–Kier alpha value is -2.98. The number of benzene rings is 3. The van der Waals surface area contributed by atoms with Gasteiger partial charge in [0, 0.05) is 11.1 Å². The zero-order chi connectivity index (χ0) is 17.4. The maximum Gasteiger partial charge on any atom is 0.338 e. The van der Waals surface area contributed by atoms with Gasteiger partial charge in [0.05, 0.1) is 17.7 Å². The summed E-state index contributed by atoms with van der Waals surface area (Å²) in [5, 5.41) is 0.475. The van der Waals surface area contributed by atoms with Crippen LogP contribution in [0.25, 0.3) is 11.1 Å². The summed E-state index contributed by atoms with van der Waals surface area (Å²) in [5.74, 6) is 1.68. The molecule has 25 heavy (non-hydrogen) atoms. The maximum atomic E-state index is 12.1. The van der Waals surface area contributed by atoms with Gasteiger partial charge in [0.15, 0.2) is 23.0 Å². The van der Waals surface area contributed by atoms with Gasteiger partial charge in [-0.1, -0.05) is 48.0 Å². The summed E-state index contributed by atoms with van der Waals surface area (Å²) in [6.45, 7) is 0. The van der Waals surface area contributed by atoms with Crippen molar-refractivity contribution in [1.29, 1.82) is 0 Å². The van der Waals surface area contributed by atoms with Crippen LogP contribution in [0, 0.1) is 0 Å². The Labute approximate surface area is 149 Å². The number of hydrogen-bond acceptors (Lipinski definition) is 4. The van der Waals surface area contributed by atoms with E-state index in [1.54, 1.807) is 36.4 Å². The van der Waals surface area contributed by atoms with Crippen molar-refractivity contribution < 1.29 is 19.0 Å². The third-order valence-corrected chi connectivity index (χ3v) is 4.25. The molecule has 1 aliphatic rings. The first kappa shape index (κ1) is 15.5. The molecular formula is C20H13ClO4. The monoisotopic (exact) mass is 352 g/mol. The standard InChI is InChI=1S/C20H13ClO4/c1-23-20(22)14-7-3-2-6-12(14)13-8-4-10-16-18(13)24-17-11-5-9-15(21)19(17)25-16/h2-11H,1H3. The summed E-state index contributed by atoms with van der Waals surface area (Å²) in [6, 6.07) is 18.0. The molecule has 0 saturated carbocycles. The fourth-order valence-corrected chi connectivity index (χ4v) is 3.01. The van der Waals surface area contributed by atoms with E-state index in [2.05, 4.69) is 0 Å². The first-order chi connectivity index (χ1) is 12.2. The number of hydrogen-bond donors (Lipinski definition) is 0. The van der Waals surface area contributed by atoms with Gasteiger partial charge >= 0.3 is 5.97 Å². The third-order valence-electron chi connectivity index (χ3n) is 3.96. The van der Waals surface area contributed by atoms with Crippen LogP contribution in [-0.4, -0.2) is 13.1 Å². The predicted octanol–water partition coefficient (Wildman–Crippen LogP) is 5.69. The van der Waals surface area contributed by atoms with Crippen LogP contribution >= 0.6 is 11.6 Å². The van der Waals surface area contributed by atoms with E-state index in [9.17, 15) is 4.79 Å². The molecule has 3 aromatic rings. The molecule has 0 N–H and O–H groups in total. The molecule has 0 saturated heterocycles. The van der Waals surface area contributed by atoms with Crippen molar-refractivity contribution in [2.24, 2.45) is 0 Å². The van der Waals surface area contributed by atoms with Crippen LogP contribution in [0.4, 0.5) is 0 Å². The Bertz CT molecular complexity index is 981. The van der Waals surface area contributed by atoms with Gasteiger partial charge in [0.2, 0.25) is 0 Å². The molecule has 1 heterocycles. The summed E-state index contributed by atoms with van der Waals surface area (Å²) in [6.07, 6.45) is 0. The van der Waals surface area contributed by atoms with Crippen molar-refractivity contribution in [2.75, 3.05) is 7.11 Å². The maximum absolute atomic E-state index is 12.1. The van der Waals surface area contributed by atoms with Crippen LogP contribution in [0.15, 0.2) is 60.7 Å². The smallest absolute Gasteiger partial charge is 0.338 e. The zero-order valence-corrected chi connectivity index (χ0v) is 14.0. The van der Waals surface area contributed by atoms with Crippen molar-refractivity contribution in [3.63, 3.8) is 0 Å². The zero-order valence-electron chi connectivity index (χ0n) is 13.3. The molecular weight excluding hydrogens is 340 g/mol. The van der Waals surface area contributed by atoms with Gasteiger partial charge in [-0.05, 0) is 24.3 Å². The van der Waals surface area contributed by atoms with E-state index in [1.807, 2.05) is 24.3 Å². The highest BCUT2D eigenvalue weighted by Crippen LogP contribution is 2.51. The lowest BCUT2D eigenvalue weighted by Crippen LogP contribution is -2.05. The Balaban J connectivity index is 1.88. The lowest BCUT2D eigenvalue weighted by molar-refractivity contribution is 0.0601. The van der Waals surface area contributed by atoms with Crippen molar-refractivity contribution in [1.82, 2.24) is 0 Å². The van der Waals surface area contributed by atoms with Gasteiger partial charge in [-0.3, -0.25) is 0 Å². The highest BCUT2D eigenvalue weighted by Gasteiger charge is 2.25. The quantitative estimate of drug-likeness (QED) is 0.434. The first-order valence-corrected chi connectivity index (χ1v) is 8.02. The van der Waals surface area contributed by atoms with Crippen LogP contribution in [-0.2, 0) is 4.74 Å². The molecule has 0 aliphatic carbocycles. The van der Waals surface area contributed by atoms with Crippen molar-refractivity contribution in [3.8, 4) is 34.1 Å².